The van der Waals surface area contributed by atoms with E-state index >= 15 is 0 Å². The number of methoxy groups -OCH3 is 2. The van der Waals surface area contributed by atoms with Gasteiger partial charge in [-0.15, -0.1) is 0 Å². The van der Waals surface area contributed by atoms with Gasteiger partial charge in [0.05, 0.1) is 14.2 Å². The van der Waals surface area contributed by atoms with Crippen LogP contribution in [0.25, 0.3) is 0 Å². The van der Waals surface area contributed by atoms with Crippen molar-refractivity contribution in [1.29, 1.82) is 0 Å². The molecule has 2 aromatic rings. The minimum Gasteiger partial charge on any atom is -0.495 e. The zero-order valence-corrected chi connectivity index (χ0v) is 13.4. The van der Waals surface area contributed by atoms with Crippen LogP contribution in [0.4, 0.5) is 0 Å². The van der Waals surface area contributed by atoms with E-state index in [9.17, 15) is 18.3 Å². The zero-order valence-electron chi connectivity index (χ0n) is 12.6. The molecule has 1 atom stereocenters. The van der Waals surface area contributed by atoms with Crippen LogP contribution in [0.15, 0.2) is 48.5 Å². The Morgan fingerprint density at radius 1 is 1.04 bits per heavy atom. The van der Waals surface area contributed by atoms with E-state index in [-0.39, 0.29) is 22.4 Å². The molecule has 0 bridgehead atoms. The number of hydrogen-bond donors (Lipinski definition) is 2. The van der Waals surface area contributed by atoms with Crippen LogP contribution in [-0.4, -0.2) is 33.7 Å². The number of thiol groups is 1. The van der Waals surface area contributed by atoms with E-state index in [1.807, 2.05) is 0 Å². The van der Waals surface area contributed by atoms with Crippen LogP contribution >= 0.6 is 0 Å². The average Bonchev–Trinajstić information content (AvgIpc) is 2.60. The first-order valence-corrected chi connectivity index (χ1v) is 7.82. The van der Waals surface area contributed by atoms with Crippen molar-refractivity contribution in [3.8, 4) is 5.75 Å². The third kappa shape index (κ3) is 2.93. The lowest BCUT2D eigenvalue weighted by Crippen LogP contribution is -2.30. The third-order valence-corrected chi connectivity index (χ3v) is 4.47. The lowest BCUT2D eigenvalue weighted by molar-refractivity contribution is 0.0596. The van der Waals surface area contributed by atoms with Crippen LogP contribution in [0.1, 0.15) is 21.5 Å². The highest BCUT2D eigenvalue weighted by Crippen LogP contribution is 2.38. The smallest absolute Gasteiger partial charge is 0.341 e. The molecular formula is C16H16O6S. The van der Waals surface area contributed by atoms with E-state index < -0.39 is 21.6 Å². The average molecular weight is 336 g/mol. The van der Waals surface area contributed by atoms with Gasteiger partial charge in [0.2, 0.25) is 4.93 Å². The van der Waals surface area contributed by atoms with Crippen molar-refractivity contribution in [2.45, 2.75) is 4.93 Å². The van der Waals surface area contributed by atoms with E-state index in [1.165, 1.54) is 44.6 Å². The number of ether oxygens (including phenoxy) is 2. The summed E-state index contributed by atoms with van der Waals surface area (Å²) in [6.45, 7) is 0. The van der Waals surface area contributed by atoms with Crippen LogP contribution in [0.5, 0.6) is 5.75 Å². The van der Waals surface area contributed by atoms with Gasteiger partial charge in [-0.25, -0.2) is 13.2 Å². The third-order valence-electron chi connectivity index (χ3n) is 3.44. The molecule has 0 aromatic heterocycles. The molecule has 122 valence electrons. The molecule has 0 heterocycles. The minimum atomic E-state index is -3.33. The Morgan fingerprint density at radius 3 is 2.22 bits per heavy atom. The number of rotatable bonds is 5. The first-order valence-electron chi connectivity index (χ1n) is 6.65. The first-order chi connectivity index (χ1) is 11.0. The molecular weight excluding hydrogens is 320 g/mol. The van der Waals surface area contributed by atoms with Crippen LogP contribution < -0.4 is 4.74 Å². The van der Waals surface area contributed by atoms with Crippen molar-refractivity contribution in [2.75, 3.05) is 14.2 Å². The molecule has 2 aromatic carbocycles. The Labute approximate surface area is 135 Å². The van der Waals surface area contributed by atoms with Gasteiger partial charge < -0.3 is 14.6 Å². The predicted octanol–water partition coefficient (Wildman–Crippen LogP) is 1.29. The van der Waals surface area contributed by atoms with E-state index in [2.05, 4.69) is 4.74 Å². The summed E-state index contributed by atoms with van der Waals surface area (Å²) in [5.74, 6) is -0.745. The molecule has 7 heteroatoms. The summed E-state index contributed by atoms with van der Waals surface area (Å²) in [4.78, 5) is 9.52. The fourth-order valence-corrected chi connectivity index (χ4v) is 3.06. The van der Waals surface area contributed by atoms with Crippen molar-refractivity contribution < 1.29 is 27.8 Å². The van der Waals surface area contributed by atoms with Crippen LogP contribution in [0.2, 0.25) is 0 Å². The van der Waals surface area contributed by atoms with Crippen molar-refractivity contribution in [3.05, 3.63) is 65.2 Å². The summed E-state index contributed by atoms with van der Waals surface area (Å²) in [6, 6.07) is 12.2. The fourth-order valence-electron chi connectivity index (χ4n) is 2.33. The molecule has 23 heavy (non-hydrogen) atoms. The molecule has 0 aliphatic heterocycles. The number of carbonyl (C=O) groups is 1. The predicted molar refractivity (Wildman–Crippen MR) is 84.1 cm³/mol. The highest BCUT2D eigenvalue weighted by Gasteiger charge is 2.39. The lowest BCUT2D eigenvalue weighted by atomic mass is 9.97. The molecule has 0 fully saturated rings. The maximum absolute atomic E-state index is 11.9. The standard InChI is InChI=1S/C16H16O6S/c1-21-14-12(15(17)22-2)9-6-10-13(14)16(18,23(19)20)11-7-4-3-5-8-11/h3-10,18,23H,1-2H3. The van der Waals surface area contributed by atoms with Crippen molar-refractivity contribution in [2.24, 2.45) is 0 Å². The Hall–Kier alpha value is -2.38. The van der Waals surface area contributed by atoms with Gasteiger partial charge in [0, 0.05) is 11.1 Å². The van der Waals surface area contributed by atoms with Gasteiger partial charge in [0.1, 0.15) is 11.3 Å². The number of para-hydroxylation sites is 1. The molecule has 0 saturated carbocycles. The number of carbonyl (C=O) groups excluding carboxylic acids is 1. The molecule has 0 amide bonds. The maximum Gasteiger partial charge on any atom is 0.341 e. The lowest BCUT2D eigenvalue weighted by Gasteiger charge is -2.25. The molecule has 1 N–H and O–H groups in total. The van der Waals surface area contributed by atoms with Gasteiger partial charge in [-0.1, -0.05) is 42.5 Å². The van der Waals surface area contributed by atoms with Gasteiger partial charge in [0.25, 0.3) is 0 Å². The highest BCUT2D eigenvalue weighted by atomic mass is 32.2. The fraction of sp³-hybridized carbons (Fsp3) is 0.188. The van der Waals surface area contributed by atoms with E-state index in [0.29, 0.717) is 0 Å². The largest absolute Gasteiger partial charge is 0.495 e. The molecule has 0 saturated heterocycles. The van der Waals surface area contributed by atoms with Gasteiger partial charge in [-0.2, -0.15) is 0 Å². The summed E-state index contributed by atoms with van der Waals surface area (Å²) >= 11 is 0. The van der Waals surface area contributed by atoms with Crippen LogP contribution in [0, 0.1) is 0 Å². The SMILES string of the molecule is COC(=O)c1cccc(C(O)(c2ccccc2)[SH](=O)=O)c1OC. The molecule has 6 nitrogen and oxygen atoms in total. The minimum absolute atomic E-state index is 0.0266. The zero-order chi connectivity index (χ0) is 17.0. The summed E-state index contributed by atoms with van der Waals surface area (Å²) in [5.41, 5.74) is 0.125. The molecule has 1 unspecified atom stereocenters. The molecule has 0 aliphatic rings. The summed E-state index contributed by atoms with van der Waals surface area (Å²) < 4.78 is 33.6. The molecule has 0 radical (unpaired) electrons. The van der Waals surface area contributed by atoms with Gasteiger partial charge in [0.15, 0.2) is 10.7 Å². The normalized spacial score (nSPS) is 13.4. The molecule has 0 aliphatic carbocycles. The molecule has 0 spiro atoms. The number of esters is 1. The topological polar surface area (TPSA) is 89.9 Å². The van der Waals surface area contributed by atoms with Gasteiger partial charge >= 0.3 is 5.97 Å². The number of benzene rings is 2. The van der Waals surface area contributed by atoms with Crippen molar-refractivity contribution >= 4 is 16.7 Å². The van der Waals surface area contributed by atoms with Gasteiger partial charge in [-0.3, -0.25) is 0 Å². The maximum atomic E-state index is 11.9. The Balaban J connectivity index is 2.78. The van der Waals surface area contributed by atoms with Crippen molar-refractivity contribution in [1.82, 2.24) is 0 Å². The van der Waals surface area contributed by atoms with E-state index in [0.717, 1.165) is 0 Å². The van der Waals surface area contributed by atoms with Crippen LogP contribution in [0.3, 0.4) is 0 Å². The quantitative estimate of drug-likeness (QED) is 0.632. The second-order valence-corrected chi connectivity index (χ2v) is 5.83. The Kier molecular flexibility index (Phi) is 5.02. The second kappa shape index (κ2) is 6.80. The summed E-state index contributed by atoms with van der Waals surface area (Å²) in [7, 11) is -0.846. The van der Waals surface area contributed by atoms with Crippen molar-refractivity contribution in [3.63, 3.8) is 0 Å². The molecule has 2 rings (SSSR count). The number of hydrogen-bond acceptors (Lipinski definition) is 6. The van der Waals surface area contributed by atoms with Crippen LogP contribution in [-0.2, 0) is 20.4 Å². The second-order valence-electron chi connectivity index (χ2n) is 4.67. The monoisotopic (exact) mass is 336 g/mol. The van der Waals surface area contributed by atoms with E-state index in [1.54, 1.807) is 18.2 Å². The first kappa shape index (κ1) is 17.0. The van der Waals surface area contributed by atoms with Gasteiger partial charge in [-0.05, 0) is 6.07 Å². The summed E-state index contributed by atoms with van der Waals surface area (Å²) in [6.07, 6.45) is 0. The Morgan fingerprint density at radius 2 is 1.70 bits per heavy atom. The highest BCUT2D eigenvalue weighted by molar-refractivity contribution is 7.73. The summed E-state index contributed by atoms with van der Waals surface area (Å²) in [5, 5.41) is 10.9. The number of aliphatic hydroxyl groups is 1. The Bertz CT molecular complexity index is 776. The van der Waals surface area contributed by atoms with E-state index in [4.69, 9.17) is 4.74 Å².